The number of carbonyl (C=O) groups excluding carboxylic acids is 1. The molecule has 0 aliphatic rings. The molecular formula is C23H23NO4. The number of benzene rings is 3. The van der Waals surface area contributed by atoms with Crippen molar-refractivity contribution in [1.82, 2.24) is 5.32 Å². The molecule has 5 nitrogen and oxygen atoms in total. The molecule has 0 fully saturated rings. The Labute approximate surface area is 164 Å². The number of carbonyl (C=O) groups is 1. The van der Waals surface area contributed by atoms with E-state index in [2.05, 4.69) is 5.32 Å². The topological polar surface area (TPSA) is 56.8 Å². The fourth-order valence-electron chi connectivity index (χ4n) is 2.60. The van der Waals surface area contributed by atoms with Crippen molar-refractivity contribution >= 4 is 5.91 Å². The van der Waals surface area contributed by atoms with Crippen LogP contribution in [0.25, 0.3) is 0 Å². The summed E-state index contributed by atoms with van der Waals surface area (Å²) in [7, 11) is 1.62. The number of hydrogen-bond donors (Lipinski definition) is 1. The van der Waals surface area contributed by atoms with Crippen LogP contribution in [0.15, 0.2) is 78.9 Å². The quantitative estimate of drug-likeness (QED) is 0.571. The Bertz CT molecular complexity index is 879. The van der Waals surface area contributed by atoms with Crippen LogP contribution in [-0.4, -0.2) is 26.2 Å². The molecule has 28 heavy (non-hydrogen) atoms. The van der Waals surface area contributed by atoms with E-state index in [1.54, 1.807) is 25.3 Å². The van der Waals surface area contributed by atoms with E-state index in [1.807, 2.05) is 60.7 Å². The molecule has 0 atom stereocenters. The highest BCUT2D eigenvalue weighted by Crippen LogP contribution is 2.17. The first-order chi connectivity index (χ1) is 13.7. The van der Waals surface area contributed by atoms with E-state index in [1.165, 1.54) is 0 Å². The van der Waals surface area contributed by atoms with Gasteiger partial charge in [0.1, 0.15) is 30.5 Å². The number of rotatable bonds is 9. The second-order valence-electron chi connectivity index (χ2n) is 6.07. The average molecular weight is 377 g/mol. The summed E-state index contributed by atoms with van der Waals surface area (Å²) < 4.78 is 16.4. The Morgan fingerprint density at radius 1 is 0.786 bits per heavy atom. The summed E-state index contributed by atoms with van der Waals surface area (Å²) in [6.45, 7) is 1.26. The molecule has 3 aromatic carbocycles. The van der Waals surface area contributed by atoms with Gasteiger partial charge in [-0.25, -0.2) is 0 Å². The van der Waals surface area contributed by atoms with Crippen LogP contribution in [-0.2, 0) is 6.54 Å². The largest absolute Gasteiger partial charge is 0.497 e. The Morgan fingerprint density at radius 3 is 2.18 bits per heavy atom. The summed E-state index contributed by atoms with van der Waals surface area (Å²) in [6.07, 6.45) is 0. The first kappa shape index (κ1) is 19.3. The minimum atomic E-state index is -0.135. The van der Waals surface area contributed by atoms with E-state index in [0.29, 0.717) is 31.1 Å². The Balaban J connectivity index is 1.45. The van der Waals surface area contributed by atoms with Gasteiger partial charge in [0.25, 0.3) is 5.91 Å². The lowest BCUT2D eigenvalue weighted by Crippen LogP contribution is -2.22. The van der Waals surface area contributed by atoms with E-state index >= 15 is 0 Å². The predicted octanol–water partition coefficient (Wildman–Crippen LogP) is 4.08. The Kier molecular flexibility index (Phi) is 6.90. The van der Waals surface area contributed by atoms with E-state index in [9.17, 15) is 4.79 Å². The molecule has 0 unspecified atom stereocenters. The highest BCUT2D eigenvalue weighted by Gasteiger charge is 2.07. The molecule has 0 radical (unpaired) electrons. The smallest absolute Gasteiger partial charge is 0.251 e. The summed E-state index contributed by atoms with van der Waals surface area (Å²) >= 11 is 0. The van der Waals surface area contributed by atoms with Gasteiger partial charge >= 0.3 is 0 Å². The molecule has 0 saturated heterocycles. The van der Waals surface area contributed by atoms with E-state index in [4.69, 9.17) is 14.2 Å². The maximum Gasteiger partial charge on any atom is 0.251 e. The summed E-state index contributed by atoms with van der Waals surface area (Å²) in [5.74, 6) is 2.03. The van der Waals surface area contributed by atoms with Crippen molar-refractivity contribution in [1.29, 1.82) is 0 Å². The average Bonchev–Trinajstić information content (AvgIpc) is 2.76. The summed E-state index contributed by atoms with van der Waals surface area (Å²) in [5.41, 5.74) is 1.61. The Hall–Kier alpha value is -3.47. The molecule has 0 heterocycles. The molecule has 0 aliphatic carbocycles. The third-order valence-corrected chi connectivity index (χ3v) is 4.07. The first-order valence-corrected chi connectivity index (χ1v) is 9.06. The van der Waals surface area contributed by atoms with Crippen molar-refractivity contribution in [3.8, 4) is 17.2 Å². The summed E-state index contributed by atoms with van der Waals surface area (Å²) in [4.78, 5) is 12.3. The molecular weight excluding hydrogens is 354 g/mol. The fraction of sp³-hybridized carbons (Fsp3) is 0.174. The van der Waals surface area contributed by atoms with Gasteiger partial charge in [-0.05, 0) is 48.0 Å². The van der Waals surface area contributed by atoms with Crippen molar-refractivity contribution in [2.75, 3.05) is 20.3 Å². The molecule has 5 heteroatoms. The molecule has 1 N–H and O–H groups in total. The van der Waals surface area contributed by atoms with Gasteiger partial charge in [-0.15, -0.1) is 0 Å². The highest BCUT2D eigenvalue weighted by atomic mass is 16.5. The van der Waals surface area contributed by atoms with Crippen molar-refractivity contribution in [3.63, 3.8) is 0 Å². The van der Waals surface area contributed by atoms with Gasteiger partial charge in [-0.1, -0.05) is 36.4 Å². The van der Waals surface area contributed by atoms with Gasteiger partial charge in [-0.3, -0.25) is 4.79 Å². The van der Waals surface area contributed by atoms with Crippen LogP contribution in [0.3, 0.4) is 0 Å². The molecule has 0 aliphatic heterocycles. The Morgan fingerprint density at radius 2 is 1.46 bits per heavy atom. The van der Waals surface area contributed by atoms with E-state index in [0.717, 1.165) is 17.1 Å². The van der Waals surface area contributed by atoms with Crippen LogP contribution in [0.5, 0.6) is 17.2 Å². The molecule has 0 bridgehead atoms. The van der Waals surface area contributed by atoms with Gasteiger partial charge in [-0.2, -0.15) is 0 Å². The van der Waals surface area contributed by atoms with Crippen LogP contribution >= 0.6 is 0 Å². The zero-order valence-corrected chi connectivity index (χ0v) is 15.8. The van der Waals surface area contributed by atoms with Crippen LogP contribution in [0.2, 0.25) is 0 Å². The van der Waals surface area contributed by atoms with Crippen LogP contribution in [0.4, 0.5) is 0 Å². The van der Waals surface area contributed by atoms with Crippen LogP contribution in [0.1, 0.15) is 15.9 Å². The van der Waals surface area contributed by atoms with E-state index in [-0.39, 0.29) is 5.91 Å². The zero-order valence-electron chi connectivity index (χ0n) is 15.8. The van der Waals surface area contributed by atoms with Crippen molar-refractivity contribution in [2.24, 2.45) is 0 Å². The number of methoxy groups -OCH3 is 1. The number of ether oxygens (including phenoxy) is 3. The van der Waals surface area contributed by atoms with E-state index < -0.39 is 0 Å². The van der Waals surface area contributed by atoms with Crippen LogP contribution < -0.4 is 19.5 Å². The monoisotopic (exact) mass is 377 g/mol. The molecule has 144 valence electrons. The second kappa shape index (κ2) is 10.0. The fourth-order valence-corrected chi connectivity index (χ4v) is 2.60. The lowest BCUT2D eigenvalue weighted by Gasteiger charge is -2.10. The third kappa shape index (κ3) is 5.77. The molecule has 1 amide bonds. The van der Waals surface area contributed by atoms with Crippen molar-refractivity contribution < 1.29 is 19.0 Å². The first-order valence-electron chi connectivity index (χ1n) is 9.06. The normalized spacial score (nSPS) is 10.2. The van der Waals surface area contributed by atoms with Gasteiger partial charge < -0.3 is 19.5 Å². The van der Waals surface area contributed by atoms with Crippen molar-refractivity contribution in [3.05, 3.63) is 90.0 Å². The predicted molar refractivity (Wildman–Crippen MR) is 108 cm³/mol. The van der Waals surface area contributed by atoms with Gasteiger partial charge in [0.15, 0.2) is 0 Å². The molecule has 0 spiro atoms. The lowest BCUT2D eigenvalue weighted by molar-refractivity contribution is 0.0950. The maximum atomic E-state index is 12.3. The summed E-state index contributed by atoms with van der Waals surface area (Å²) in [6, 6.07) is 24.3. The molecule has 3 aromatic rings. The SMILES string of the molecule is COc1ccc(OCCOc2cccc(C(=O)NCc3ccccc3)c2)cc1. The number of amides is 1. The van der Waals surface area contributed by atoms with Crippen molar-refractivity contribution in [2.45, 2.75) is 6.54 Å². The van der Waals surface area contributed by atoms with Gasteiger partial charge in [0.05, 0.1) is 7.11 Å². The maximum absolute atomic E-state index is 12.3. The van der Waals surface area contributed by atoms with Crippen LogP contribution in [0, 0.1) is 0 Å². The minimum absolute atomic E-state index is 0.135. The highest BCUT2D eigenvalue weighted by molar-refractivity contribution is 5.94. The number of nitrogens with one attached hydrogen (secondary N) is 1. The molecule has 0 saturated carbocycles. The third-order valence-electron chi connectivity index (χ3n) is 4.07. The van der Waals surface area contributed by atoms with Gasteiger partial charge in [0, 0.05) is 12.1 Å². The number of hydrogen-bond acceptors (Lipinski definition) is 4. The second-order valence-corrected chi connectivity index (χ2v) is 6.07. The molecule has 0 aromatic heterocycles. The lowest BCUT2D eigenvalue weighted by atomic mass is 10.2. The minimum Gasteiger partial charge on any atom is -0.497 e. The van der Waals surface area contributed by atoms with Gasteiger partial charge in [0.2, 0.25) is 0 Å². The standard InChI is InChI=1S/C23H23NO4/c1-26-20-10-12-21(13-11-20)27-14-15-28-22-9-5-8-19(16-22)23(25)24-17-18-6-3-2-4-7-18/h2-13,16H,14-15,17H2,1H3,(H,24,25). The molecule has 3 rings (SSSR count). The summed E-state index contributed by atoms with van der Waals surface area (Å²) in [5, 5.41) is 2.91. The zero-order chi connectivity index (χ0) is 19.6.